The fourth-order valence-corrected chi connectivity index (χ4v) is 2.42. The zero-order valence-electron chi connectivity index (χ0n) is 10.6. The molecule has 0 unspecified atom stereocenters. The van der Waals surface area contributed by atoms with Crippen molar-refractivity contribution in [3.8, 4) is 0 Å². The molecule has 0 saturated heterocycles. The second-order valence-electron chi connectivity index (χ2n) is 4.06. The Balaban J connectivity index is 2.16. The number of hydrogen-bond acceptors (Lipinski definition) is 4. The van der Waals surface area contributed by atoms with Crippen LogP contribution in [0.4, 0.5) is 5.69 Å². The van der Waals surface area contributed by atoms with Crippen molar-refractivity contribution >= 4 is 39.2 Å². The second kappa shape index (κ2) is 6.69. The van der Waals surface area contributed by atoms with Gasteiger partial charge in [-0.15, -0.1) is 0 Å². The Hall–Kier alpha value is -1.92. The van der Waals surface area contributed by atoms with Crippen LogP contribution in [0.1, 0.15) is 15.9 Å². The molecule has 2 aromatic rings. The van der Waals surface area contributed by atoms with E-state index >= 15 is 0 Å². The first-order valence-corrected chi connectivity index (χ1v) is 7.01. The molecule has 7 heteroatoms. The van der Waals surface area contributed by atoms with Crippen molar-refractivity contribution in [2.75, 3.05) is 0 Å². The monoisotopic (exact) mass is 369 g/mol. The van der Waals surface area contributed by atoms with E-state index in [1.165, 1.54) is 18.2 Å². The minimum absolute atomic E-state index is 0.00631. The largest absolute Gasteiger partial charge is 0.457 e. The number of rotatable bonds is 4. The Bertz CT molecular complexity index is 705. The van der Waals surface area contributed by atoms with Crippen molar-refractivity contribution < 1.29 is 14.5 Å². The summed E-state index contributed by atoms with van der Waals surface area (Å²) in [6, 6.07) is 11.1. The Morgan fingerprint density at radius 3 is 2.62 bits per heavy atom. The maximum Gasteiger partial charge on any atom is 0.339 e. The normalized spacial score (nSPS) is 10.2. The zero-order valence-corrected chi connectivity index (χ0v) is 12.9. The molecule has 0 fully saturated rings. The molecule has 0 radical (unpaired) electrons. The van der Waals surface area contributed by atoms with Crippen LogP contribution >= 0.6 is 27.5 Å². The summed E-state index contributed by atoms with van der Waals surface area (Å²) in [5, 5.41) is 11.3. The zero-order chi connectivity index (χ0) is 15.4. The van der Waals surface area contributed by atoms with E-state index in [-0.39, 0.29) is 22.3 Å². The SMILES string of the molecule is O=C(OCc1ccccc1Cl)c1cccc([N+](=O)[O-])c1Br. The maximum atomic E-state index is 12.0. The van der Waals surface area contributed by atoms with Crippen LogP contribution < -0.4 is 0 Å². The molecule has 0 aliphatic rings. The highest BCUT2D eigenvalue weighted by Crippen LogP contribution is 2.29. The predicted molar refractivity (Wildman–Crippen MR) is 81.4 cm³/mol. The Kier molecular flexibility index (Phi) is 4.93. The average Bonchev–Trinajstić information content (AvgIpc) is 2.46. The van der Waals surface area contributed by atoms with Crippen LogP contribution in [0.3, 0.4) is 0 Å². The summed E-state index contributed by atoms with van der Waals surface area (Å²) >= 11 is 9.02. The number of ether oxygens (including phenoxy) is 1. The number of carbonyl (C=O) groups is 1. The molecule has 0 saturated carbocycles. The van der Waals surface area contributed by atoms with Crippen LogP contribution in [0, 0.1) is 10.1 Å². The van der Waals surface area contributed by atoms with Gasteiger partial charge >= 0.3 is 5.97 Å². The smallest absolute Gasteiger partial charge is 0.339 e. The van der Waals surface area contributed by atoms with Crippen molar-refractivity contribution in [3.05, 3.63) is 73.2 Å². The molecular formula is C14H9BrClNO4. The molecule has 2 aromatic carbocycles. The number of carbonyl (C=O) groups excluding carboxylic acids is 1. The van der Waals surface area contributed by atoms with Gasteiger partial charge in [-0.2, -0.15) is 0 Å². The van der Waals surface area contributed by atoms with Gasteiger partial charge in [0.2, 0.25) is 0 Å². The molecule has 2 rings (SSSR count). The molecule has 0 amide bonds. The second-order valence-corrected chi connectivity index (χ2v) is 5.26. The lowest BCUT2D eigenvalue weighted by Gasteiger charge is -2.07. The highest BCUT2D eigenvalue weighted by atomic mass is 79.9. The molecule has 0 atom stereocenters. The van der Waals surface area contributed by atoms with Gasteiger partial charge in [-0.1, -0.05) is 35.9 Å². The van der Waals surface area contributed by atoms with E-state index in [1.807, 2.05) is 0 Å². The molecule has 108 valence electrons. The molecule has 0 spiro atoms. The van der Waals surface area contributed by atoms with Crippen molar-refractivity contribution in [2.45, 2.75) is 6.61 Å². The van der Waals surface area contributed by atoms with E-state index in [2.05, 4.69) is 15.9 Å². The van der Waals surface area contributed by atoms with Gasteiger partial charge in [-0.05, 0) is 28.1 Å². The molecule has 21 heavy (non-hydrogen) atoms. The van der Waals surface area contributed by atoms with Crippen LogP contribution in [0.2, 0.25) is 5.02 Å². The van der Waals surface area contributed by atoms with Crippen LogP contribution in [-0.4, -0.2) is 10.9 Å². The minimum Gasteiger partial charge on any atom is -0.457 e. The summed E-state index contributed by atoms with van der Waals surface area (Å²) in [6.07, 6.45) is 0. The molecule has 0 aliphatic heterocycles. The topological polar surface area (TPSA) is 69.4 Å². The van der Waals surface area contributed by atoms with E-state index in [0.29, 0.717) is 10.6 Å². The molecule has 0 heterocycles. The summed E-state index contributed by atoms with van der Waals surface area (Å²) in [4.78, 5) is 22.3. The van der Waals surface area contributed by atoms with E-state index in [9.17, 15) is 14.9 Å². The molecule has 0 aliphatic carbocycles. The highest BCUT2D eigenvalue weighted by molar-refractivity contribution is 9.10. The van der Waals surface area contributed by atoms with Gasteiger partial charge in [-0.25, -0.2) is 4.79 Å². The van der Waals surface area contributed by atoms with Gasteiger partial charge in [0, 0.05) is 16.7 Å². The molecule has 0 N–H and O–H groups in total. The van der Waals surface area contributed by atoms with Crippen molar-refractivity contribution in [1.29, 1.82) is 0 Å². The molecule has 0 aromatic heterocycles. The van der Waals surface area contributed by atoms with E-state index in [4.69, 9.17) is 16.3 Å². The summed E-state index contributed by atoms with van der Waals surface area (Å²) < 4.78 is 5.23. The molecular weight excluding hydrogens is 362 g/mol. The number of halogens is 2. The van der Waals surface area contributed by atoms with Crippen molar-refractivity contribution in [1.82, 2.24) is 0 Å². The number of esters is 1. The first-order valence-electron chi connectivity index (χ1n) is 5.84. The van der Waals surface area contributed by atoms with E-state index < -0.39 is 10.9 Å². The highest BCUT2D eigenvalue weighted by Gasteiger charge is 2.20. The first-order chi connectivity index (χ1) is 10.0. The third-order valence-electron chi connectivity index (χ3n) is 2.71. The summed E-state index contributed by atoms with van der Waals surface area (Å²) in [5.41, 5.74) is 0.563. The summed E-state index contributed by atoms with van der Waals surface area (Å²) in [7, 11) is 0. The quantitative estimate of drug-likeness (QED) is 0.455. The lowest BCUT2D eigenvalue weighted by molar-refractivity contribution is -0.385. The first kappa shape index (κ1) is 15.5. The van der Waals surface area contributed by atoms with Crippen molar-refractivity contribution in [2.24, 2.45) is 0 Å². The molecule has 0 bridgehead atoms. The number of nitro benzene ring substituents is 1. The summed E-state index contributed by atoms with van der Waals surface area (Å²) in [6.45, 7) is -0.00631. The fourth-order valence-electron chi connectivity index (χ4n) is 1.65. The van der Waals surface area contributed by atoms with Crippen LogP contribution in [0.15, 0.2) is 46.9 Å². The maximum absolute atomic E-state index is 12.0. The Labute approximate surface area is 133 Å². The third kappa shape index (κ3) is 3.59. The van der Waals surface area contributed by atoms with Gasteiger partial charge < -0.3 is 4.74 Å². The number of hydrogen-bond donors (Lipinski definition) is 0. The minimum atomic E-state index is -0.662. The van der Waals surface area contributed by atoms with E-state index in [1.54, 1.807) is 24.3 Å². The van der Waals surface area contributed by atoms with E-state index in [0.717, 1.165) is 0 Å². The Morgan fingerprint density at radius 2 is 1.95 bits per heavy atom. The van der Waals surface area contributed by atoms with Gasteiger partial charge in [0.15, 0.2) is 0 Å². The lowest BCUT2D eigenvalue weighted by atomic mass is 10.2. The number of benzene rings is 2. The van der Waals surface area contributed by atoms with Crippen LogP contribution in [0.5, 0.6) is 0 Å². The standard InChI is InChI=1S/C14H9BrClNO4/c15-13-10(5-3-7-12(13)17(19)20)14(18)21-8-9-4-1-2-6-11(9)16/h1-7H,8H2. The fraction of sp³-hybridized carbons (Fsp3) is 0.0714. The van der Waals surface area contributed by atoms with Gasteiger partial charge in [0.25, 0.3) is 5.69 Å². The molecule has 5 nitrogen and oxygen atoms in total. The number of nitro groups is 1. The van der Waals surface area contributed by atoms with Crippen LogP contribution in [-0.2, 0) is 11.3 Å². The van der Waals surface area contributed by atoms with Gasteiger partial charge in [0.05, 0.1) is 10.5 Å². The Morgan fingerprint density at radius 1 is 1.24 bits per heavy atom. The van der Waals surface area contributed by atoms with Crippen LogP contribution in [0.25, 0.3) is 0 Å². The number of nitrogens with zero attached hydrogens (tertiary/aromatic N) is 1. The third-order valence-corrected chi connectivity index (χ3v) is 3.91. The van der Waals surface area contributed by atoms with Gasteiger partial charge in [0.1, 0.15) is 11.1 Å². The summed E-state index contributed by atoms with van der Waals surface area (Å²) in [5.74, 6) is -0.662. The van der Waals surface area contributed by atoms with Crippen molar-refractivity contribution in [3.63, 3.8) is 0 Å². The lowest BCUT2D eigenvalue weighted by Crippen LogP contribution is -2.07. The van der Waals surface area contributed by atoms with Gasteiger partial charge in [-0.3, -0.25) is 10.1 Å². The predicted octanol–water partition coefficient (Wildman–Crippen LogP) is 4.37. The average molecular weight is 371 g/mol.